The van der Waals surface area contributed by atoms with Gasteiger partial charge in [-0.05, 0) is 51.5 Å². The molecular weight excluding hydrogens is 266 g/mol. The highest BCUT2D eigenvalue weighted by atomic mass is 16.2. The number of hydrogen-bond acceptors (Lipinski definition) is 2. The number of aromatic nitrogens is 1. The number of amides is 2. The second-order valence-electron chi connectivity index (χ2n) is 6.12. The highest BCUT2D eigenvalue weighted by molar-refractivity contribution is 5.99. The molecule has 1 aromatic carbocycles. The summed E-state index contributed by atoms with van der Waals surface area (Å²) in [6, 6.07) is 5.53. The molecule has 21 heavy (non-hydrogen) atoms. The van der Waals surface area contributed by atoms with Crippen LogP contribution in [0.2, 0.25) is 0 Å². The lowest BCUT2D eigenvalue weighted by Gasteiger charge is -2.24. The average molecular weight is 287 g/mol. The number of nitrogens with two attached hydrogens (primary N) is 1. The van der Waals surface area contributed by atoms with Crippen LogP contribution in [0.1, 0.15) is 41.9 Å². The number of carbonyl (C=O) groups excluding carboxylic acids is 2. The number of nitrogens with one attached hydrogen (secondary N) is 2. The molecule has 5 nitrogen and oxygen atoms in total. The zero-order chi connectivity index (χ0) is 15.8. The lowest BCUT2D eigenvalue weighted by molar-refractivity contribution is -0.119. The summed E-state index contributed by atoms with van der Waals surface area (Å²) in [5, 5.41) is 3.88. The Bertz CT molecular complexity index is 714. The van der Waals surface area contributed by atoms with Crippen LogP contribution in [0.5, 0.6) is 0 Å². The number of carbonyl (C=O) groups is 2. The number of H-pyrrole nitrogens is 1. The molecular formula is C16H21N3O2. The number of fused-ring (bicyclic) bond motifs is 1. The first-order valence-electron chi connectivity index (χ1n) is 6.89. The Morgan fingerprint density at radius 3 is 2.57 bits per heavy atom. The fourth-order valence-electron chi connectivity index (χ4n) is 2.46. The van der Waals surface area contributed by atoms with Gasteiger partial charge in [0, 0.05) is 34.1 Å². The van der Waals surface area contributed by atoms with Gasteiger partial charge in [-0.15, -0.1) is 0 Å². The average Bonchev–Trinajstić information content (AvgIpc) is 2.62. The van der Waals surface area contributed by atoms with Crippen molar-refractivity contribution in [3.8, 4) is 0 Å². The molecule has 112 valence electrons. The molecule has 0 radical (unpaired) electrons. The molecule has 2 amide bonds. The monoisotopic (exact) mass is 287 g/mol. The number of hydrogen-bond donors (Lipinski definition) is 3. The van der Waals surface area contributed by atoms with Crippen molar-refractivity contribution in [2.24, 2.45) is 5.73 Å². The third kappa shape index (κ3) is 3.24. The number of benzene rings is 1. The van der Waals surface area contributed by atoms with E-state index in [1.807, 2.05) is 26.0 Å². The Hall–Kier alpha value is -2.30. The van der Waals surface area contributed by atoms with Crippen molar-refractivity contribution in [3.63, 3.8) is 0 Å². The molecule has 5 heteroatoms. The fourth-order valence-corrected chi connectivity index (χ4v) is 2.46. The van der Waals surface area contributed by atoms with E-state index < -0.39 is 11.4 Å². The number of primary amides is 1. The molecule has 0 atom stereocenters. The molecule has 0 spiro atoms. The molecule has 1 heterocycles. The second kappa shape index (κ2) is 5.24. The Kier molecular flexibility index (Phi) is 3.77. The van der Waals surface area contributed by atoms with Crippen LogP contribution in [0.15, 0.2) is 18.2 Å². The fraction of sp³-hybridized carbons (Fsp3) is 0.375. The summed E-state index contributed by atoms with van der Waals surface area (Å²) in [4.78, 5) is 26.6. The normalized spacial score (nSPS) is 11.6. The summed E-state index contributed by atoms with van der Waals surface area (Å²) >= 11 is 0. The van der Waals surface area contributed by atoms with E-state index in [2.05, 4.69) is 10.3 Å². The van der Waals surface area contributed by atoms with Crippen LogP contribution in [-0.2, 0) is 4.79 Å². The van der Waals surface area contributed by atoms with Gasteiger partial charge in [0.25, 0.3) is 5.91 Å². The zero-order valence-electron chi connectivity index (χ0n) is 12.8. The quantitative estimate of drug-likeness (QED) is 0.804. The number of aryl methyl sites for hydroxylation is 2. The lowest BCUT2D eigenvalue weighted by Crippen LogP contribution is -2.46. The Morgan fingerprint density at radius 1 is 1.29 bits per heavy atom. The molecule has 2 rings (SSSR count). The summed E-state index contributed by atoms with van der Waals surface area (Å²) < 4.78 is 0. The summed E-state index contributed by atoms with van der Waals surface area (Å²) in [6.07, 6.45) is 0.100. The van der Waals surface area contributed by atoms with E-state index >= 15 is 0 Å². The Labute approximate surface area is 123 Å². The first-order chi connectivity index (χ1) is 9.69. The molecule has 0 fully saturated rings. The molecule has 0 bridgehead atoms. The molecule has 0 saturated heterocycles. The standard InChI is InChI=1S/C16H21N3O2/c1-9-10(2)18-13-6-5-11(7-12(9)13)15(21)19-16(3,4)8-14(17)20/h5-7,18H,8H2,1-4H3,(H2,17,20)(H,19,21). The van der Waals surface area contributed by atoms with Crippen molar-refractivity contribution in [3.05, 3.63) is 35.0 Å². The molecule has 0 aliphatic carbocycles. The van der Waals surface area contributed by atoms with Gasteiger partial charge in [-0.1, -0.05) is 0 Å². The molecule has 1 aromatic heterocycles. The van der Waals surface area contributed by atoms with Gasteiger partial charge in [-0.3, -0.25) is 9.59 Å². The maximum absolute atomic E-state index is 12.3. The van der Waals surface area contributed by atoms with Crippen molar-refractivity contribution in [1.82, 2.24) is 10.3 Å². The molecule has 0 unspecified atom stereocenters. The molecule has 4 N–H and O–H groups in total. The zero-order valence-corrected chi connectivity index (χ0v) is 12.8. The van der Waals surface area contributed by atoms with E-state index in [1.54, 1.807) is 19.9 Å². The van der Waals surface area contributed by atoms with Gasteiger partial charge in [-0.2, -0.15) is 0 Å². The van der Waals surface area contributed by atoms with Crippen LogP contribution in [-0.4, -0.2) is 22.3 Å². The van der Waals surface area contributed by atoms with Crippen LogP contribution in [0.4, 0.5) is 0 Å². The van der Waals surface area contributed by atoms with Gasteiger partial charge in [-0.25, -0.2) is 0 Å². The van der Waals surface area contributed by atoms with Gasteiger partial charge >= 0.3 is 0 Å². The third-order valence-electron chi connectivity index (χ3n) is 3.64. The molecule has 0 saturated carbocycles. The van der Waals surface area contributed by atoms with Gasteiger partial charge < -0.3 is 16.0 Å². The van der Waals surface area contributed by atoms with Gasteiger partial charge in [0.15, 0.2) is 0 Å². The maximum Gasteiger partial charge on any atom is 0.251 e. The largest absolute Gasteiger partial charge is 0.370 e. The number of aromatic amines is 1. The van der Waals surface area contributed by atoms with Crippen molar-refractivity contribution in [2.45, 2.75) is 39.7 Å². The molecule has 0 aliphatic heterocycles. The summed E-state index contributed by atoms with van der Waals surface area (Å²) in [7, 11) is 0. The minimum absolute atomic E-state index is 0.100. The Balaban J connectivity index is 2.27. The predicted molar refractivity (Wildman–Crippen MR) is 83.1 cm³/mol. The SMILES string of the molecule is Cc1[nH]c2ccc(C(=O)NC(C)(C)CC(N)=O)cc2c1C. The van der Waals surface area contributed by atoms with Crippen molar-refractivity contribution < 1.29 is 9.59 Å². The number of rotatable bonds is 4. The molecule has 0 aliphatic rings. The maximum atomic E-state index is 12.3. The minimum Gasteiger partial charge on any atom is -0.370 e. The van der Waals surface area contributed by atoms with Crippen molar-refractivity contribution in [2.75, 3.05) is 0 Å². The Morgan fingerprint density at radius 2 is 1.95 bits per heavy atom. The first kappa shape index (κ1) is 15.1. The first-order valence-corrected chi connectivity index (χ1v) is 6.89. The van der Waals surface area contributed by atoms with E-state index in [9.17, 15) is 9.59 Å². The van der Waals surface area contributed by atoms with Crippen LogP contribution in [0.25, 0.3) is 10.9 Å². The van der Waals surface area contributed by atoms with E-state index in [1.165, 1.54) is 0 Å². The highest BCUT2D eigenvalue weighted by Crippen LogP contribution is 2.22. The summed E-state index contributed by atoms with van der Waals surface area (Å²) in [5.74, 6) is -0.644. The van der Waals surface area contributed by atoms with Crippen LogP contribution < -0.4 is 11.1 Å². The van der Waals surface area contributed by atoms with Gasteiger partial charge in [0.1, 0.15) is 0 Å². The second-order valence-corrected chi connectivity index (χ2v) is 6.12. The van der Waals surface area contributed by atoms with E-state index in [4.69, 9.17) is 5.73 Å². The topological polar surface area (TPSA) is 88.0 Å². The van der Waals surface area contributed by atoms with Crippen molar-refractivity contribution in [1.29, 1.82) is 0 Å². The summed E-state index contributed by atoms with van der Waals surface area (Å²) in [6.45, 7) is 7.58. The van der Waals surface area contributed by atoms with E-state index in [0.29, 0.717) is 5.56 Å². The van der Waals surface area contributed by atoms with Crippen molar-refractivity contribution >= 4 is 22.7 Å². The minimum atomic E-state index is -0.666. The molecule has 2 aromatic rings. The van der Waals surface area contributed by atoms with E-state index in [-0.39, 0.29) is 12.3 Å². The lowest BCUT2D eigenvalue weighted by atomic mass is 9.99. The van der Waals surface area contributed by atoms with Gasteiger partial charge in [0.05, 0.1) is 0 Å². The van der Waals surface area contributed by atoms with Crippen LogP contribution in [0, 0.1) is 13.8 Å². The summed E-state index contributed by atoms with van der Waals surface area (Å²) in [5.41, 5.74) is 8.34. The predicted octanol–water partition coefficient (Wildman–Crippen LogP) is 2.17. The van der Waals surface area contributed by atoms with Crippen LogP contribution in [0.3, 0.4) is 0 Å². The highest BCUT2D eigenvalue weighted by Gasteiger charge is 2.23. The smallest absolute Gasteiger partial charge is 0.251 e. The van der Waals surface area contributed by atoms with E-state index in [0.717, 1.165) is 22.2 Å². The third-order valence-corrected chi connectivity index (χ3v) is 3.64. The van der Waals surface area contributed by atoms with Crippen LogP contribution >= 0.6 is 0 Å². The van der Waals surface area contributed by atoms with Gasteiger partial charge in [0.2, 0.25) is 5.91 Å².